The molecule has 28 heavy (non-hydrogen) atoms. The highest BCUT2D eigenvalue weighted by Gasteiger charge is 2.38. The van der Waals surface area contributed by atoms with E-state index >= 15 is 0 Å². The number of aromatic nitrogens is 3. The van der Waals surface area contributed by atoms with Crippen LogP contribution in [0.25, 0.3) is 0 Å². The summed E-state index contributed by atoms with van der Waals surface area (Å²) in [6.45, 7) is 1.86. The first-order valence-corrected chi connectivity index (χ1v) is 9.61. The third kappa shape index (κ3) is 3.24. The number of rotatable bonds is 4. The lowest BCUT2D eigenvalue weighted by molar-refractivity contribution is -0.119. The van der Waals surface area contributed by atoms with Gasteiger partial charge < -0.3 is 4.74 Å². The van der Waals surface area contributed by atoms with E-state index < -0.39 is 0 Å². The van der Waals surface area contributed by atoms with Gasteiger partial charge in [-0.2, -0.15) is 10.1 Å². The van der Waals surface area contributed by atoms with Gasteiger partial charge in [-0.1, -0.05) is 42.8 Å². The van der Waals surface area contributed by atoms with Gasteiger partial charge in [-0.3, -0.25) is 9.69 Å². The molecule has 4 rings (SSSR count). The molecule has 0 saturated heterocycles. The SMILES string of the molecule is CCC(=O)N1c2ncnn2[C@H](c2ccc(Cl)cc2)C[C@H]1c1ccc(OC)cc1. The van der Waals surface area contributed by atoms with E-state index in [-0.39, 0.29) is 18.0 Å². The third-order valence-electron chi connectivity index (χ3n) is 5.15. The first-order valence-electron chi connectivity index (χ1n) is 9.23. The topological polar surface area (TPSA) is 60.2 Å². The number of anilines is 1. The highest BCUT2D eigenvalue weighted by molar-refractivity contribution is 6.30. The van der Waals surface area contributed by atoms with Crippen LogP contribution in [0.4, 0.5) is 5.95 Å². The molecule has 0 N–H and O–H groups in total. The van der Waals surface area contributed by atoms with Crippen molar-refractivity contribution in [2.75, 3.05) is 12.0 Å². The number of carbonyl (C=O) groups is 1. The molecule has 1 amide bonds. The highest BCUT2D eigenvalue weighted by Crippen LogP contribution is 2.42. The van der Waals surface area contributed by atoms with Gasteiger partial charge in [-0.15, -0.1) is 0 Å². The maximum atomic E-state index is 12.8. The van der Waals surface area contributed by atoms with Gasteiger partial charge >= 0.3 is 0 Å². The van der Waals surface area contributed by atoms with Crippen LogP contribution in [0.1, 0.15) is 43.0 Å². The molecular weight excluding hydrogens is 376 g/mol. The molecular formula is C21H21ClN4O2. The molecule has 2 atom stereocenters. The molecule has 6 nitrogen and oxygen atoms in total. The van der Waals surface area contributed by atoms with Crippen LogP contribution in [0.3, 0.4) is 0 Å². The van der Waals surface area contributed by atoms with Gasteiger partial charge in [0.2, 0.25) is 11.9 Å². The summed E-state index contributed by atoms with van der Waals surface area (Å²) in [6, 6.07) is 15.4. The minimum atomic E-state index is -0.143. The van der Waals surface area contributed by atoms with Crippen molar-refractivity contribution in [1.82, 2.24) is 14.8 Å². The Morgan fingerprint density at radius 2 is 1.75 bits per heavy atom. The predicted molar refractivity (Wildman–Crippen MR) is 108 cm³/mol. The van der Waals surface area contributed by atoms with Gasteiger partial charge in [0.1, 0.15) is 12.1 Å². The van der Waals surface area contributed by atoms with E-state index in [1.165, 1.54) is 6.33 Å². The first kappa shape index (κ1) is 18.5. The smallest absolute Gasteiger partial charge is 0.231 e. The number of hydrogen-bond donors (Lipinski definition) is 0. The summed E-state index contributed by atoms with van der Waals surface area (Å²) in [5.41, 5.74) is 2.12. The number of methoxy groups -OCH3 is 1. The summed E-state index contributed by atoms with van der Waals surface area (Å²) in [6.07, 6.45) is 2.59. The number of benzene rings is 2. The van der Waals surface area contributed by atoms with Crippen LogP contribution < -0.4 is 9.64 Å². The fourth-order valence-corrected chi connectivity index (χ4v) is 3.85. The van der Waals surface area contributed by atoms with Crippen LogP contribution in [0.15, 0.2) is 54.9 Å². The molecule has 3 aromatic rings. The van der Waals surface area contributed by atoms with Crippen molar-refractivity contribution in [2.45, 2.75) is 31.8 Å². The van der Waals surface area contributed by atoms with Crippen LogP contribution in [-0.2, 0) is 4.79 Å². The lowest BCUT2D eigenvalue weighted by Crippen LogP contribution is -2.42. The fourth-order valence-electron chi connectivity index (χ4n) is 3.72. The Morgan fingerprint density at radius 3 is 2.39 bits per heavy atom. The van der Waals surface area contributed by atoms with Gasteiger partial charge in [0.05, 0.1) is 19.2 Å². The van der Waals surface area contributed by atoms with Crippen molar-refractivity contribution in [1.29, 1.82) is 0 Å². The van der Waals surface area contributed by atoms with Crippen molar-refractivity contribution >= 4 is 23.5 Å². The molecule has 0 bridgehead atoms. The van der Waals surface area contributed by atoms with E-state index in [2.05, 4.69) is 10.1 Å². The Balaban J connectivity index is 1.81. The molecule has 2 aromatic carbocycles. The minimum Gasteiger partial charge on any atom is -0.497 e. The second-order valence-electron chi connectivity index (χ2n) is 6.71. The van der Waals surface area contributed by atoms with Crippen molar-refractivity contribution in [2.24, 2.45) is 0 Å². The molecule has 0 fully saturated rings. The van der Waals surface area contributed by atoms with Crippen LogP contribution in [0.5, 0.6) is 5.75 Å². The Kier molecular flexibility index (Phi) is 5.05. The second kappa shape index (κ2) is 7.64. The Hall–Kier alpha value is -2.86. The summed E-state index contributed by atoms with van der Waals surface area (Å²) in [5.74, 6) is 1.37. The monoisotopic (exact) mass is 396 g/mol. The summed E-state index contributed by atoms with van der Waals surface area (Å²) < 4.78 is 7.11. The van der Waals surface area contributed by atoms with Gasteiger partial charge in [-0.25, -0.2) is 4.68 Å². The van der Waals surface area contributed by atoms with Gasteiger partial charge in [0, 0.05) is 11.4 Å². The van der Waals surface area contributed by atoms with Gasteiger partial charge in [0.15, 0.2) is 0 Å². The van der Waals surface area contributed by atoms with Crippen LogP contribution in [-0.4, -0.2) is 27.8 Å². The maximum absolute atomic E-state index is 12.8. The number of hydrogen-bond acceptors (Lipinski definition) is 4. The predicted octanol–water partition coefficient (Wildman–Crippen LogP) is 4.42. The largest absolute Gasteiger partial charge is 0.497 e. The average molecular weight is 397 g/mol. The lowest BCUT2D eigenvalue weighted by Gasteiger charge is -2.39. The second-order valence-corrected chi connectivity index (χ2v) is 7.15. The summed E-state index contributed by atoms with van der Waals surface area (Å²) in [4.78, 5) is 19.0. The van der Waals surface area contributed by atoms with E-state index in [1.807, 2.05) is 60.1 Å². The van der Waals surface area contributed by atoms with E-state index in [0.29, 0.717) is 23.8 Å². The van der Waals surface area contributed by atoms with Crippen LogP contribution in [0.2, 0.25) is 5.02 Å². The third-order valence-corrected chi connectivity index (χ3v) is 5.40. The van der Waals surface area contributed by atoms with E-state index in [0.717, 1.165) is 16.9 Å². The zero-order chi connectivity index (χ0) is 19.7. The van der Waals surface area contributed by atoms with Crippen LogP contribution >= 0.6 is 11.6 Å². The molecule has 0 saturated carbocycles. The normalized spacial score (nSPS) is 18.6. The number of nitrogens with zero attached hydrogens (tertiary/aromatic N) is 4. The molecule has 0 spiro atoms. The number of ether oxygens (including phenoxy) is 1. The van der Waals surface area contributed by atoms with E-state index in [4.69, 9.17) is 16.3 Å². The van der Waals surface area contributed by atoms with Crippen molar-refractivity contribution < 1.29 is 9.53 Å². The Bertz CT molecular complexity index is 969. The number of halogens is 1. The lowest BCUT2D eigenvalue weighted by atomic mass is 9.91. The van der Waals surface area contributed by atoms with Crippen molar-refractivity contribution in [3.05, 3.63) is 71.0 Å². The molecule has 1 aromatic heterocycles. The molecule has 0 radical (unpaired) electrons. The quantitative estimate of drug-likeness (QED) is 0.655. The molecule has 0 aliphatic carbocycles. The number of fused-ring (bicyclic) bond motifs is 1. The van der Waals surface area contributed by atoms with Gasteiger partial charge in [0.25, 0.3) is 0 Å². The summed E-state index contributed by atoms with van der Waals surface area (Å²) in [5, 5.41) is 5.11. The number of carbonyl (C=O) groups excluding carboxylic acids is 1. The first-order chi connectivity index (χ1) is 13.6. The maximum Gasteiger partial charge on any atom is 0.231 e. The molecule has 0 unspecified atom stereocenters. The van der Waals surface area contributed by atoms with Crippen molar-refractivity contribution in [3.63, 3.8) is 0 Å². The molecule has 1 aliphatic rings. The molecule has 2 heterocycles. The molecule has 144 valence electrons. The van der Waals surface area contributed by atoms with Crippen LogP contribution in [0, 0.1) is 0 Å². The van der Waals surface area contributed by atoms with E-state index in [9.17, 15) is 4.79 Å². The fraction of sp³-hybridized carbons (Fsp3) is 0.286. The van der Waals surface area contributed by atoms with Crippen molar-refractivity contribution in [3.8, 4) is 5.75 Å². The zero-order valence-corrected chi connectivity index (χ0v) is 16.5. The molecule has 1 aliphatic heterocycles. The van der Waals surface area contributed by atoms with E-state index in [1.54, 1.807) is 12.0 Å². The average Bonchev–Trinajstić information content (AvgIpc) is 3.22. The standard InChI is InChI=1S/C21H21ClN4O2/c1-3-20(27)25-18(14-6-10-17(28-2)11-7-14)12-19(26-21(25)23-13-24-26)15-4-8-16(22)9-5-15/h4-11,13,18-19H,3,12H2,1-2H3/t18-,19-/m0/s1. The summed E-state index contributed by atoms with van der Waals surface area (Å²) >= 11 is 6.07. The van der Waals surface area contributed by atoms with Gasteiger partial charge in [-0.05, 0) is 41.8 Å². The molecule has 7 heteroatoms. The zero-order valence-electron chi connectivity index (χ0n) is 15.7. The summed E-state index contributed by atoms with van der Waals surface area (Å²) in [7, 11) is 1.64. The Labute approximate surface area is 168 Å². The minimum absolute atomic E-state index is 0.0182. The highest BCUT2D eigenvalue weighted by atomic mass is 35.5. The number of amides is 1. The Morgan fingerprint density at radius 1 is 1.11 bits per heavy atom.